The molecule has 0 saturated carbocycles. The van der Waals surface area contributed by atoms with E-state index >= 15 is 0 Å². The molecule has 4 heteroatoms. The van der Waals surface area contributed by atoms with Crippen LogP contribution in [0.4, 0.5) is 0 Å². The lowest BCUT2D eigenvalue weighted by Crippen LogP contribution is -2.30. The lowest BCUT2D eigenvalue weighted by atomic mass is 9.93. The number of nitrogens with zero attached hydrogens (tertiary/aromatic N) is 2. The number of pyridine rings is 1. The van der Waals surface area contributed by atoms with E-state index in [1.165, 1.54) is 0 Å². The van der Waals surface area contributed by atoms with Crippen LogP contribution in [0.5, 0.6) is 0 Å². The molecule has 2 heterocycles. The Morgan fingerprint density at radius 1 is 0.885 bits per heavy atom. The maximum atomic E-state index is 12.9. The summed E-state index contributed by atoms with van der Waals surface area (Å²) >= 11 is 0. The van der Waals surface area contributed by atoms with Crippen LogP contribution in [-0.2, 0) is 11.3 Å². The first-order valence-corrected chi connectivity index (χ1v) is 8.50. The molecular weight excluding hydrogens is 324 g/mol. The predicted molar refractivity (Wildman–Crippen MR) is 100.0 cm³/mol. The zero-order valence-electron chi connectivity index (χ0n) is 14.1. The molecule has 1 aliphatic heterocycles. The van der Waals surface area contributed by atoms with Crippen LogP contribution in [0.3, 0.4) is 0 Å². The number of amides is 1. The van der Waals surface area contributed by atoms with Crippen molar-refractivity contribution in [2.45, 2.75) is 12.6 Å². The molecule has 1 N–H and O–H groups in total. The number of carbonyl (C=O) groups is 1. The third-order valence-corrected chi connectivity index (χ3v) is 4.56. The van der Waals surface area contributed by atoms with Gasteiger partial charge in [-0.2, -0.15) is 0 Å². The Bertz CT molecular complexity index is 938. The highest BCUT2D eigenvalue weighted by Gasteiger charge is 2.40. The molecule has 3 aromatic rings. The number of benzene rings is 2. The average Bonchev–Trinajstić information content (AvgIpc) is 2.95. The van der Waals surface area contributed by atoms with Gasteiger partial charge in [0.25, 0.3) is 5.91 Å². The SMILES string of the molecule is O=C1C(O)=C(c2ccccc2)[C@@H](c2ccccc2)N1Cc1ccccn1. The van der Waals surface area contributed by atoms with Gasteiger partial charge in [-0.25, -0.2) is 0 Å². The Balaban J connectivity index is 1.81. The van der Waals surface area contributed by atoms with Gasteiger partial charge >= 0.3 is 0 Å². The molecule has 1 aliphatic rings. The smallest absolute Gasteiger partial charge is 0.290 e. The molecule has 0 bridgehead atoms. The van der Waals surface area contributed by atoms with E-state index in [0.29, 0.717) is 12.1 Å². The normalized spacial score (nSPS) is 17.0. The van der Waals surface area contributed by atoms with Crippen LogP contribution in [0, 0.1) is 0 Å². The molecule has 0 saturated heterocycles. The van der Waals surface area contributed by atoms with Crippen LogP contribution in [0.25, 0.3) is 5.57 Å². The van der Waals surface area contributed by atoms with Crippen molar-refractivity contribution in [3.63, 3.8) is 0 Å². The molecular formula is C22H18N2O2. The summed E-state index contributed by atoms with van der Waals surface area (Å²) in [6.07, 6.45) is 1.71. The van der Waals surface area contributed by atoms with Crippen molar-refractivity contribution in [1.29, 1.82) is 0 Å². The molecule has 26 heavy (non-hydrogen) atoms. The van der Waals surface area contributed by atoms with E-state index in [4.69, 9.17) is 0 Å². The van der Waals surface area contributed by atoms with E-state index < -0.39 is 0 Å². The fourth-order valence-corrected chi connectivity index (χ4v) is 3.38. The van der Waals surface area contributed by atoms with E-state index in [-0.39, 0.29) is 17.7 Å². The first-order chi connectivity index (χ1) is 12.8. The van der Waals surface area contributed by atoms with Crippen molar-refractivity contribution in [1.82, 2.24) is 9.88 Å². The average molecular weight is 342 g/mol. The van der Waals surface area contributed by atoms with Crippen LogP contribution in [-0.4, -0.2) is 20.9 Å². The molecule has 1 atom stereocenters. The second-order valence-electron chi connectivity index (χ2n) is 6.20. The molecule has 0 fully saturated rings. The zero-order valence-corrected chi connectivity index (χ0v) is 14.1. The number of carbonyl (C=O) groups excluding carboxylic acids is 1. The summed E-state index contributed by atoms with van der Waals surface area (Å²) in [7, 11) is 0. The van der Waals surface area contributed by atoms with Gasteiger partial charge in [-0.15, -0.1) is 0 Å². The summed E-state index contributed by atoms with van der Waals surface area (Å²) in [4.78, 5) is 18.9. The van der Waals surface area contributed by atoms with Crippen molar-refractivity contribution >= 4 is 11.5 Å². The summed E-state index contributed by atoms with van der Waals surface area (Å²) < 4.78 is 0. The maximum absolute atomic E-state index is 12.9. The summed E-state index contributed by atoms with van der Waals surface area (Å²) in [5, 5.41) is 10.7. The molecule has 1 aromatic heterocycles. The third kappa shape index (κ3) is 2.86. The Morgan fingerprint density at radius 3 is 2.19 bits per heavy atom. The summed E-state index contributed by atoms with van der Waals surface area (Å²) in [5.74, 6) is -0.565. The Labute approximate surface area is 152 Å². The van der Waals surface area contributed by atoms with Crippen LogP contribution >= 0.6 is 0 Å². The van der Waals surface area contributed by atoms with Gasteiger partial charge in [0.1, 0.15) is 0 Å². The summed E-state index contributed by atoms with van der Waals surface area (Å²) in [6.45, 7) is 0.333. The minimum atomic E-state index is -0.372. The van der Waals surface area contributed by atoms with Gasteiger partial charge in [-0.1, -0.05) is 66.7 Å². The number of aliphatic hydroxyl groups is 1. The number of hydrogen-bond donors (Lipinski definition) is 1. The zero-order chi connectivity index (χ0) is 17.9. The quantitative estimate of drug-likeness (QED) is 0.775. The van der Waals surface area contributed by atoms with Crippen molar-refractivity contribution in [3.05, 3.63) is 108 Å². The molecule has 0 unspecified atom stereocenters. The number of rotatable bonds is 4. The number of hydrogen-bond acceptors (Lipinski definition) is 3. The summed E-state index contributed by atoms with van der Waals surface area (Å²) in [6, 6.07) is 24.6. The van der Waals surface area contributed by atoms with Gasteiger partial charge in [0.05, 0.1) is 18.3 Å². The molecule has 0 aliphatic carbocycles. The van der Waals surface area contributed by atoms with Crippen LogP contribution in [0.2, 0.25) is 0 Å². The highest BCUT2D eigenvalue weighted by atomic mass is 16.3. The van der Waals surface area contributed by atoms with Gasteiger partial charge in [-0.3, -0.25) is 9.78 Å². The molecule has 0 spiro atoms. The second-order valence-corrected chi connectivity index (χ2v) is 6.20. The fraction of sp³-hybridized carbons (Fsp3) is 0.0909. The lowest BCUT2D eigenvalue weighted by molar-refractivity contribution is -0.130. The van der Waals surface area contributed by atoms with E-state index in [1.807, 2.05) is 78.9 Å². The largest absolute Gasteiger partial charge is 0.503 e. The second kappa shape index (κ2) is 6.84. The fourth-order valence-electron chi connectivity index (χ4n) is 3.38. The van der Waals surface area contributed by atoms with Crippen molar-refractivity contribution in [2.24, 2.45) is 0 Å². The molecule has 128 valence electrons. The van der Waals surface area contributed by atoms with Gasteiger partial charge in [0.2, 0.25) is 0 Å². The Morgan fingerprint density at radius 2 is 1.54 bits per heavy atom. The van der Waals surface area contributed by atoms with E-state index in [9.17, 15) is 9.90 Å². The van der Waals surface area contributed by atoms with Gasteiger partial charge < -0.3 is 10.0 Å². The van der Waals surface area contributed by atoms with E-state index in [1.54, 1.807) is 11.1 Å². The van der Waals surface area contributed by atoms with Crippen molar-refractivity contribution in [3.8, 4) is 0 Å². The third-order valence-electron chi connectivity index (χ3n) is 4.56. The van der Waals surface area contributed by atoms with Gasteiger partial charge in [-0.05, 0) is 23.3 Å². The monoisotopic (exact) mass is 342 g/mol. The first-order valence-electron chi connectivity index (χ1n) is 8.50. The highest BCUT2D eigenvalue weighted by Crippen LogP contribution is 2.43. The minimum Gasteiger partial charge on any atom is -0.503 e. The van der Waals surface area contributed by atoms with Crippen LogP contribution in [0.1, 0.15) is 22.9 Å². The molecule has 4 rings (SSSR count). The van der Waals surface area contributed by atoms with Crippen molar-refractivity contribution in [2.75, 3.05) is 0 Å². The van der Waals surface area contributed by atoms with Crippen LogP contribution in [0.15, 0.2) is 90.8 Å². The molecule has 0 radical (unpaired) electrons. The maximum Gasteiger partial charge on any atom is 0.290 e. The molecule has 4 nitrogen and oxygen atoms in total. The summed E-state index contributed by atoms with van der Waals surface area (Å²) in [5.41, 5.74) is 3.22. The Kier molecular flexibility index (Phi) is 4.23. The predicted octanol–water partition coefficient (Wildman–Crippen LogP) is 4.13. The van der Waals surface area contributed by atoms with Crippen LogP contribution < -0.4 is 0 Å². The number of aromatic nitrogens is 1. The van der Waals surface area contributed by atoms with Gasteiger partial charge in [0, 0.05) is 11.8 Å². The standard InChI is InChI=1S/C22H18N2O2/c25-21-19(16-9-3-1-4-10-16)20(17-11-5-2-6-12-17)24(22(21)26)15-18-13-7-8-14-23-18/h1-14,20,25H,15H2/t20-/m1/s1. The topological polar surface area (TPSA) is 53.4 Å². The first kappa shape index (κ1) is 16.1. The van der Waals surface area contributed by atoms with E-state index in [0.717, 1.165) is 16.8 Å². The molecule has 2 aromatic carbocycles. The van der Waals surface area contributed by atoms with Crippen molar-refractivity contribution < 1.29 is 9.90 Å². The van der Waals surface area contributed by atoms with E-state index in [2.05, 4.69) is 4.98 Å². The van der Waals surface area contributed by atoms with Gasteiger partial charge in [0.15, 0.2) is 5.76 Å². The molecule has 1 amide bonds. The Hall–Kier alpha value is -3.40. The lowest BCUT2D eigenvalue weighted by Gasteiger charge is -2.27. The minimum absolute atomic E-state index is 0.194. The highest BCUT2D eigenvalue weighted by molar-refractivity contribution is 6.05. The number of aliphatic hydroxyl groups excluding tert-OH is 1.